The molecule has 2 N–H and O–H groups in total. The second-order valence-electron chi connectivity index (χ2n) is 6.69. The van der Waals surface area contributed by atoms with Crippen molar-refractivity contribution in [2.24, 2.45) is 0 Å². The van der Waals surface area contributed by atoms with Crippen LogP contribution >= 0.6 is 0 Å². The highest BCUT2D eigenvalue weighted by atomic mass is 19.1. The Morgan fingerprint density at radius 1 is 1.21 bits per heavy atom. The lowest BCUT2D eigenvalue weighted by Crippen LogP contribution is -2.37. The molecule has 0 unspecified atom stereocenters. The van der Waals surface area contributed by atoms with Crippen LogP contribution in [0, 0.1) is 12.7 Å². The highest BCUT2D eigenvalue weighted by Crippen LogP contribution is 2.25. The second-order valence-corrected chi connectivity index (χ2v) is 6.69. The number of halogens is 1. The minimum absolute atomic E-state index is 0.0378. The first-order valence-electron chi connectivity index (χ1n) is 9.22. The molecule has 1 aliphatic heterocycles. The summed E-state index contributed by atoms with van der Waals surface area (Å²) in [6.07, 6.45) is 1.46. The lowest BCUT2D eigenvalue weighted by atomic mass is 10.2. The monoisotopic (exact) mass is 400 g/mol. The molecule has 1 atom stereocenters. The Balaban J connectivity index is 1.54. The Bertz CT molecular complexity index is 925. The summed E-state index contributed by atoms with van der Waals surface area (Å²) in [5.74, 6) is -2.24. The summed E-state index contributed by atoms with van der Waals surface area (Å²) in [6, 6.07) is 10.2. The van der Waals surface area contributed by atoms with Crippen LogP contribution < -0.4 is 15.4 Å². The third kappa shape index (κ3) is 5.61. The maximum atomic E-state index is 13.9. The highest BCUT2D eigenvalue weighted by Gasteiger charge is 2.25. The van der Waals surface area contributed by atoms with E-state index in [-0.39, 0.29) is 17.1 Å². The highest BCUT2D eigenvalue weighted by molar-refractivity contribution is 5.97. The normalized spacial score (nSPS) is 15.6. The van der Waals surface area contributed by atoms with Crippen molar-refractivity contribution in [2.75, 3.05) is 13.1 Å². The van der Waals surface area contributed by atoms with E-state index >= 15 is 0 Å². The minimum Gasteiger partial charge on any atom is -0.454 e. The number of aryl methyl sites for hydroxylation is 1. The second kappa shape index (κ2) is 9.29. The molecule has 0 radical (unpaired) electrons. The number of carbonyl (C=O) groups excluding carboxylic acids is 3. The zero-order valence-corrected chi connectivity index (χ0v) is 15.9. The van der Waals surface area contributed by atoms with E-state index < -0.39 is 36.2 Å². The molecule has 0 aliphatic carbocycles. The van der Waals surface area contributed by atoms with Crippen LogP contribution in [0.5, 0.6) is 11.5 Å². The van der Waals surface area contributed by atoms with Crippen LogP contribution in [0.2, 0.25) is 0 Å². The van der Waals surface area contributed by atoms with Crippen LogP contribution in [0.3, 0.4) is 0 Å². The van der Waals surface area contributed by atoms with Crippen molar-refractivity contribution in [1.29, 1.82) is 0 Å². The zero-order chi connectivity index (χ0) is 20.8. The summed E-state index contributed by atoms with van der Waals surface area (Å²) in [7, 11) is 0. The molecule has 1 fully saturated rings. The average molecular weight is 400 g/mol. The van der Waals surface area contributed by atoms with Gasteiger partial charge in [-0.1, -0.05) is 12.1 Å². The fourth-order valence-electron chi connectivity index (χ4n) is 2.88. The average Bonchev–Trinajstić information content (AvgIpc) is 3.23. The molecule has 0 spiro atoms. The van der Waals surface area contributed by atoms with Crippen molar-refractivity contribution in [3.8, 4) is 11.5 Å². The first-order chi connectivity index (χ1) is 13.9. The number of carbonyl (C=O) groups is 3. The van der Waals surface area contributed by atoms with E-state index in [2.05, 4.69) is 10.6 Å². The summed E-state index contributed by atoms with van der Waals surface area (Å²) < 4.78 is 24.1. The van der Waals surface area contributed by atoms with Gasteiger partial charge in [0.05, 0.1) is 0 Å². The Hall–Kier alpha value is -3.26. The molecule has 1 aliphatic rings. The summed E-state index contributed by atoms with van der Waals surface area (Å²) >= 11 is 0. The molecule has 1 heterocycles. The van der Waals surface area contributed by atoms with E-state index in [0.29, 0.717) is 13.0 Å². The van der Waals surface area contributed by atoms with Crippen LogP contribution in [0.1, 0.15) is 28.8 Å². The van der Waals surface area contributed by atoms with Gasteiger partial charge in [-0.3, -0.25) is 4.79 Å². The van der Waals surface area contributed by atoms with Crippen molar-refractivity contribution in [3.05, 3.63) is 59.4 Å². The molecular weight excluding hydrogens is 379 g/mol. The molecule has 1 saturated heterocycles. The Labute approximate surface area is 167 Å². The van der Waals surface area contributed by atoms with Gasteiger partial charge in [0.1, 0.15) is 18.3 Å². The molecule has 2 aromatic rings. The molecule has 0 aromatic heterocycles. The van der Waals surface area contributed by atoms with Crippen LogP contribution in [0.25, 0.3) is 0 Å². The van der Waals surface area contributed by atoms with E-state index in [1.807, 2.05) is 0 Å². The summed E-state index contributed by atoms with van der Waals surface area (Å²) in [5, 5.41) is 5.32. The lowest BCUT2D eigenvalue weighted by molar-refractivity contribution is -0.160. The van der Waals surface area contributed by atoms with Crippen LogP contribution in [0.15, 0.2) is 42.5 Å². The predicted molar refractivity (Wildman–Crippen MR) is 102 cm³/mol. The number of hydrogen-bond donors (Lipinski definition) is 2. The predicted octanol–water partition coefficient (Wildman–Crippen LogP) is 2.48. The van der Waals surface area contributed by atoms with E-state index in [1.165, 1.54) is 24.3 Å². The smallest absolute Gasteiger partial charge is 0.333 e. The van der Waals surface area contributed by atoms with Crippen molar-refractivity contribution < 1.29 is 28.2 Å². The molecule has 1 amide bonds. The van der Waals surface area contributed by atoms with Gasteiger partial charge in [0.25, 0.3) is 5.91 Å². The third-order valence-electron chi connectivity index (χ3n) is 4.36. The van der Waals surface area contributed by atoms with Gasteiger partial charge in [0.15, 0.2) is 11.6 Å². The SMILES string of the molecule is Cc1ccc(Oc2cccc(C(=O)NCC(=O)OC(=O)[C@@H]3CCCN3)c2)c(F)c1. The Morgan fingerprint density at radius 2 is 2.03 bits per heavy atom. The zero-order valence-electron chi connectivity index (χ0n) is 15.9. The van der Waals surface area contributed by atoms with E-state index in [9.17, 15) is 18.8 Å². The van der Waals surface area contributed by atoms with Crippen molar-refractivity contribution in [1.82, 2.24) is 10.6 Å². The largest absolute Gasteiger partial charge is 0.454 e. The first kappa shape index (κ1) is 20.5. The third-order valence-corrected chi connectivity index (χ3v) is 4.36. The Kier molecular flexibility index (Phi) is 6.56. The minimum atomic E-state index is -0.841. The van der Waals surface area contributed by atoms with E-state index in [0.717, 1.165) is 12.0 Å². The number of amides is 1. The number of benzene rings is 2. The van der Waals surface area contributed by atoms with Gasteiger partial charge in [0.2, 0.25) is 0 Å². The quantitative estimate of drug-likeness (QED) is 0.572. The van der Waals surface area contributed by atoms with Crippen LogP contribution in [-0.2, 0) is 14.3 Å². The van der Waals surface area contributed by atoms with Crippen LogP contribution in [0.4, 0.5) is 4.39 Å². The summed E-state index contributed by atoms with van der Waals surface area (Å²) in [5.41, 5.74) is 0.976. The molecule has 2 aromatic carbocycles. The maximum absolute atomic E-state index is 13.9. The molecule has 0 bridgehead atoms. The fraction of sp³-hybridized carbons (Fsp3) is 0.286. The van der Waals surface area contributed by atoms with Gasteiger partial charge in [-0.2, -0.15) is 0 Å². The number of nitrogens with one attached hydrogen (secondary N) is 2. The van der Waals surface area contributed by atoms with Gasteiger partial charge in [-0.15, -0.1) is 0 Å². The molecule has 152 valence electrons. The molecule has 3 rings (SSSR count). The number of rotatable bonds is 6. The van der Waals surface area contributed by atoms with Gasteiger partial charge < -0.3 is 20.1 Å². The fourth-order valence-corrected chi connectivity index (χ4v) is 2.88. The molecule has 29 heavy (non-hydrogen) atoms. The van der Waals surface area contributed by atoms with Gasteiger partial charge >= 0.3 is 11.9 Å². The number of ether oxygens (including phenoxy) is 2. The van der Waals surface area contributed by atoms with Crippen molar-refractivity contribution in [2.45, 2.75) is 25.8 Å². The molecule has 0 saturated carbocycles. The number of hydrogen-bond acceptors (Lipinski definition) is 6. The van der Waals surface area contributed by atoms with Gasteiger partial charge in [0, 0.05) is 5.56 Å². The molecule has 7 nitrogen and oxygen atoms in total. The summed E-state index contributed by atoms with van der Waals surface area (Å²) in [6.45, 7) is 2.02. The standard InChI is InChI=1S/C21H21FN2O5/c1-13-7-8-18(16(22)10-13)28-15-5-2-4-14(11-15)20(26)24-12-19(25)29-21(27)17-6-3-9-23-17/h2,4-5,7-8,10-11,17,23H,3,6,9,12H2,1H3,(H,24,26)/t17-/m0/s1. The van der Waals surface area contributed by atoms with E-state index in [4.69, 9.17) is 9.47 Å². The topological polar surface area (TPSA) is 93.7 Å². The Morgan fingerprint density at radius 3 is 2.76 bits per heavy atom. The van der Waals surface area contributed by atoms with Crippen molar-refractivity contribution in [3.63, 3.8) is 0 Å². The van der Waals surface area contributed by atoms with Crippen molar-refractivity contribution >= 4 is 17.8 Å². The maximum Gasteiger partial charge on any atom is 0.333 e. The summed E-state index contributed by atoms with van der Waals surface area (Å²) in [4.78, 5) is 35.8. The van der Waals surface area contributed by atoms with E-state index in [1.54, 1.807) is 25.1 Å². The molecular formula is C21H21FN2O5. The van der Waals surface area contributed by atoms with Gasteiger partial charge in [-0.25, -0.2) is 14.0 Å². The molecule has 8 heteroatoms. The van der Waals surface area contributed by atoms with Gasteiger partial charge in [-0.05, 0) is 62.2 Å². The van der Waals surface area contributed by atoms with Crippen LogP contribution in [-0.4, -0.2) is 37.0 Å². The first-order valence-corrected chi connectivity index (χ1v) is 9.22. The lowest BCUT2D eigenvalue weighted by Gasteiger charge is -2.10. The number of esters is 2.